The SMILES string of the molecule is COc1ccc(OC)c(C(=O)c2cnsn2)c1. The van der Waals surface area contributed by atoms with E-state index < -0.39 is 0 Å². The summed E-state index contributed by atoms with van der Waals surface area (Å²) >= 11 is 0.993. The Hall–Kier alpha value is -1.95. The summed E-state index contributed by atoms with van der Waals surface area (Å²) in [6, 6.07) is 5.04. The van der Waals surface area contributed by atoms with Crippen LogP contribution in [-0.4, -0.2) is 28.7 Å². The smallest absolute Gasteiger partial charge is 0.217 e. The first kappa shape index (κ1) is 11.5. The minimum absolute atomic E-state index is 0.227. The van der Waals surface area contributed by atoms with Gasteiger partial charge >= 0.3 is 0 Å². The molecule has 88 valence electrons. The van der Waals surface area contributed by atoms with E-state index in [1.807, 2.05) is 0 Å². The summed E-state index contributed by atoms with van der Waals surface area (Å²) in [5, 5.41) is 0. The van der Waals surface area contributed by atoms with Crippen LogP contribution < -0.4 is 9.47 Å². The molecule has 2 aromatic rings. The Balaban J connectivity index is 2.45. The fraction of sp³-hybridized carbons (Fsp3) is 0.182. The topological polar surface area (TPSA) is 61.3 Å². The zero-order valence-electron chi connectivity index (χ0n) is 9.34. The monoisotopic (exact) mass is 250 g/mol. The molecule has 0 fully saturated rings. The van der Waals surface area contributed by atoms with Crippen molar-refractivity contribution in [2.24, 2.45) is 0 Å². The third-order valence-corrected chi connectivity index (χ3v) is 2.72. The largest absolute Gasteiger partial charge is 0.497 e. The predicted molar refractivity (Wildman–Crippen MR) is 62.9 cm³/mol. The molecule has 5 nitrogen and oxygen atoms in total. The van der Waals surface area contributed by atoms with E-state index in [4.69, 9.17) is 9.47 Å². The third-order valence-electron chi connectivity index (χ3n) is 2.25. The predicted octanol–water partition coefficient (Wildman–Crippen LogP) is 1.79. The Morgan fingerprint density at radius 2 is 2.12 bits per heavy atom. The summed E-state index contributed by atoms with van der Waals surface area (Å²) in [7, 11) is 3.05. The highest BCUT2D eigenvalue weighted by Crippen LogP contribution is 2.25. The minimum atomic E-state index is -0.227. The standard InChI is InChI=1S/C11H10N2O3S/c1-15-7-3-4-10(16-2)8(5-7)11(14)9-6-12-17-13-9/h3-6H,1-2H3. The van der Waals surface area contributed by atoms with Gasteiger partial charge in [-0.1, -0.05) is 0 Å². The van der Waals surface area contributed by atoms with Crippen LogP contribution >= 0.6 is 11.7 Å². The van der Waals surface area contributed by atoms with Crippen molar-refractivity contribution in [2.45, 2.75) is 0 Å². The van der Waals surface area contributed by atoms with Crippen molar-refractivity contribution in [3.05, 3.63) is 35.7 Å². The number of nitrogens with zero attached hydrogens (tertiary/aromatic N) is 2. The van der Waals surface area contributed by atoms with Crippen molar-refractivity contribution >= 4 is 17.5 Å². The summed E-state index contributed by atoms with van der Waals surface area (Å²) in [5.41, 5.74) is 0.723. The maximum Gasteiger partial charge on any atom is 0.217 e. The van der Waals surface area contributed by atoms with Crippen LogP contribution in [0.1, 0.15) is 16.1 Å². The van der Waals surface area contributed by atoms with E-state index in [0.29, 0.717) is 22.8 Å². The number of hydrogen-bond donors (Lipinski definition) is 0. The molecule has 0 spiro atoms. The van der Waals surface area contributed by atoms with Crippen molar-refractivity contribution in [3.63, 3.8) is 0 Å². The Labute approximate surface area is 102 Å². The maximum atomic E-state index is 12.1. The number of hydrogen-bond acceptors (Lipinski definition) is 6. The maximum absolute atomic E-state index is 12.1. The molecule has 0 bridgehead atoms. The molecule has 2 rings (SSSR count). The van der Waals surface area contributed by atoms with Gasteiger partial charge in [-0.2, -0.15) is 8.75 Å². The second kappa shape index (κ2) is 4.92. The number of benzene rings is 1. The summed E-state index contributed by atoms with van der Waals surface area (Å²) in [4.78, 5) is 12.1. The molecule has 17 heavy (non-hydrogen) atoms. The van der Waals surface area contributed by atoms with Crippen molar-refractivity contribution in [3.8, 4) is 11.5 Å². The molecule has 0 aliphatic carbocycles. The molecule has 1 aromatic carbocycles. The molecular weight excluding hydrogens is 240 g/mol. The van der Waals surface area contributed by atoms with Crippen LogP contribution in [0.5, 0.6) is 11.5 Å². The quantitative estimate of drug-likeness (QED) is 0.774. The van der Waals surface area contributed by atoms with E-state index in [9.17, 15) is 4.79 Å². The zero-order chi connectivity index (χ0) is 12.3. The Morgan fingerprint density at radius 3 is 2.71 bits per heavy atom. The molecular formula is C11H10N2O3S. The van der Waals surface area contributed by atoms with E-state index in [1.165, 1.54) is 13.3 Å². The van der Waals surface area contributed by atoms with Crippen LogP contribution in [0.15, 0.2) is 24.4 Å². The molecule has 6 heteroatoms. The lowest BCUT2D eigenvalue weighted by Crippen LogP contribution is -2.04. The lowest BCUT2D eigenvalue weighted by atomic mass is 10.1. The molecule has 0 aliphatic rings. The highest BCUT2D eigenvalue weighted by atomic mass is 32.1. The van der Waals surface area contributed by atoms with E-state index in [0.717, 1.165) is 11.7 Å². The highest BCUT2D eigenvalue weighted by Gasteiger charge is 2.17. The molecule has 0 aliphatic heterocycles. The number of rotatable bonds is 4. The van der Waals surface area contributed by atoms with Crippen molar-refractivity contribution in [2.75, 3.05) is 14.2 Å². The minimum Gasteiger partial charge on any atom is -0.497 e. The van der Waals surface area contributed by atoms with Gasteiger partial charge in [-0.05, 0) is 18.2 Å². The van der Waals surface area contributed by atoms with E-state index >= 15 is 0 Å². The van der Waals surface area contributed by atoms with Crippen LogP contribution in [0.25, 0.3) is 0 Å². The molecule has 1 aromatic heterocycles. The average molecular weight is 250 g/mol. The molecule has 0 atom stereocenters. The van der Waals surface area contributed by atoms with Gasteiger partial charge in [0.15, 0.2) is 0 Å². The van der Waals surface area contributed by atoms with Gasteiger partial charge in [0.05, 0.1) is 37.7 Å². The first-order valence-electron chi connectivity index (χ1n) is 4.80. The third kappa shape index (κ3) is 2.26. The van der Waals surface area contributed by atoms with Crippen LogP contribution in [0.2, 0.25) is 0 Å². The lowest BCUT2D eigenvalue weighted by Gasteiger charge is -2.08. The van der Waals surface area contributed by atoms with E-state index in [1.54, 1.807) is 25.3 Å². The Bertz CT molecular complexity index is 526. The first-order valence-corrected chi connectivity index (χ1v) is 5.53. The summed E-state index contributed by atoms with van der Waals surface area (Å²) in [5.74, 6) is 0.857. The van der Waals surface area contributed by atoms with Gasteiger partial charge in [-0.3, -0.25) is 4.79 Å². The summed E-state index contributed by atoms with van der Waals surface area (Å²) < 4.78 is 17.9. The summed E-state index contributed by atoms with van der Waals surface area (Å²) in [6.07, 6.45) is 1.44. The fourth-order valence-corrected chi connectivity index (χ4v) is 1.81. The van der Waals surface area contributed by atoms with Crippen LogP contribution in [0.3, 0.4) is 0 Å². The normalized spacial score (nSPS) is 10.0. The van der Waals surface area contributed by atoms with Crippen LogP contribution in [0, 0.1) is 0 Å². The van der Waals surface area contributed by atoms with Crippen molar-refractivity contribution in [1.82, 2.24) is 8.75 Å². The second-order valence-electron chi connectivity index (χ2n) is 3.19. The summed E-state index contributed by atoms with van der Waals surface area (Å²) in [6.45, 7) is 0. The van der Waals surface area contributed by atoms with Gasteiger partial charge < -0.3 is 9.47 Å². The van der Waals surface area contributed by atoms with E-state index in [2.05, 4.69) is 8.75 Å². The molecule has 1 heterocycles. The lowest BCUT2D eigenvalue weighted by molar-refractivity contribution is 0.103. The number of ether oxygens (including phenoxy) is 2. The van der Waals surface area contributed by atoms with Crippen LogP contribution in [0.4, 0.5) is 0 Å². The number of carbonyl (C=O) groups is 1. The molecule has 0 unspecified atom stereocenters. The number of ketones is 1. The van der Waals surface area contributed by atoms with E-state index in [-0.39, 0.29) is 5.78 Å². The zero-order valence-corrected chi connectivity index (χ0v) is 10.2. The number of methoxy groups -OCH3 is 2. The van der Waals surface area contributed by atoms with Gasteiger partial charge in [0, 0.05) is 0 Å². The molecule has 0 N–H and O–H groups in total. The average Bonchev–Trinajstić information content (AvgIpc) is 2.91. The second-order valence-corrected chi connectivity index (χ2v) is 3.74. The molecule has 0 radical (unpaired) electrons. The first-order chi connectivity index (χ1) is 8.26. The Morgan fingerprint density at radius 1 is 1.29 bits per heavy atom. The Kier molecular flexibility index (Phi) is 3.34. The van der Waals surface area contributed by atoms with Crippen LogP contribution in [-0.2, 0) is 0 Å². The van der Waals surface area contributed by atoms with Gasteiger partial charge in [0.1, 0.15) is 17.2 Å². The fourth-order valence-electron chi connectivity index (χ4n) is 1.39. The van der Waals surface area contributed by atoms with Crippen molar-refractivity contribution < 1.29 is 14.3 Å². The molecule has 0 saturated carbocycles. The highest BCUT2D eigenvalue weighted by molar-refractivity contribution is 6.99. The van der Waals surface area contributed by atoms with Crippen molar-refractivity contribution in [1.29, 1.82) is 0 Å². The molecule has 0 saturated heterocycles. The molecule has 0 amide bonds. The van der Waals surface area contributed by atoms with Gasteiger partial charge in [0.25, 0.3) is 0 Å². The van der Waals surface area contributed by atoms with Gasteiger partial charge in [0.2, 0.25) is 5.78 Å². The number of aromatic nitrogens is 2. The number of carbonyl (C=O) groups excluding carboxylic acids is 1. The van der Waals surface area contributed by atoms with Gasteiger partial charge in [-0.15, -0.1) is 0 Å². The van der Waals surface area contributed by atoms with Gasteiger partial charge in [-0.25, -0.2) is 0 Å².